The molecule has 0 saturated heterocycles. The quantitative estimate of drug-likeness (QED) is 0.857. The van der Waals surface area contributed by atoms with Crippen molar-refractivity contribution >= 4 is 23.2 Å². The second-order valence-corrected chi connectivity index (χ2v) is 6.47. The molecule has 0 spiro atoms. The zero-order valence-electron chi connectivity index (χ0n) is 10.8. The predicted octanol–water partition coefficient (Wildman–Crippen LogP) is 4.69. The lowest BCUT2D eigenvalue weighted by atomic mass is 9.78. The minimum atomic E-state index is 0.219. The highest BCUT2D eigenvalue weighted by molar-refractivity contribution is 6.35. The normalized spacial score (nSPS) is 26.0. The highest BCUT2D eigenvalue weighted by atomic mass is 35.5. The number of halogens is 2. The van der Waals surface area contributed by atoms with Crippen LogP contribution < -0.4 is 5.73 Å². The van der Waals surface area contributed by atoms with Crippen LogP contribution in [-0.4, -0.2) is 6.04 Å². The van der Waals surface area contributed by atoms with Crippen LogP contribution >= 0.6 is 23.2 Å². The molecule has 1 aromatic carbocycles. The Morgan fingerprint density at radius 3 is 2.50 bits per heavy atom. The van der Waals surface area contributed by atoms with Gasteiger partial charge in [-0.15, -0.1) is 0 Å². The van der Waals surface area contributed by atoms with Crippen molar-refractivity contribution in [3.8, 4) is 0 Å². The molecule has 1 aliphatic rings. The molecule has 0 aliphatic heterocycles. The average molecular weight is 286 g/mol. The maximum Gasteiger partial charge on any atom is 0.0453 e. The molecule has 1 saturated carbocycles. The van der Waals surface area contributed by atoms with E-state index >= 15 is 0 Å². The van der Waals surface area contributed by atoms with Gasteiger partial charge in [0.1, 0.15) is 0 Å². The van der Waals surface area contributed by atoms with Crippen LogP contribution in [0.15, 0.2) is 18.2 Å². The molecule has 1 aromatic rings. The van der Waals surface area contributed by atoms with Crippen molar-refractivity contribution in [1.82, 2.24) is 0 Å². The van der Waals surface area contributed by atoms with Crippen LogP contribution in [0, 0.1) is 11.8 Å². The Labute approximate surface area is 120 Å². The Morgan fingerprint density at radius 1 is 1.22 bits per heavy atom. The van der Waals surface area contributed by atoms with E-state index < -0.39 is 0 Å². The van der Waals surface area contributed by atoms with Crippen LogP contribution in [0.2, 0.25) is 10.0 Å². The third kappa shape index (κ3) is 3.63. The molecule has 1 atom stereocenters. The molecule has 18 heavy (non-hydrogen) atoms. The number of hydrogen-bond donors (Lipinski definition) is 1. The van der Waals surface area contributed by atoms with Gasteiger partial charge in [0.2, 0.25) is 0 Å². The number of hydrogen-bond acceptors (Lipinski definition) is 1. The molecule has 0 amide bonds. The summed E-state index contributed by atoms with van der Waals surface area (Å²) in [5.41, 5.74) is 7.46. The van der Waals surface area contributed by atoms with Gasteiger partial charge in [0.15, 0.2) is 0 Å². The molecule has 1 aliphatic carbocycles. The molecule has 1 unspecified atom stereocenters. The molecule has 1 nitrogen and oxygen atoms in total. The zero-order valence-corrected chi connectivity index (χ0v) is 12.3. The Morgan fingerprint density at radius 2 is 1.89 bits per heavy atom. The summed E-state index contributed by atoms with van der Waals surface area (Å²) < 4.78 is 0. The lowest BCUT2D eigenvalue weighted by molar-refractivity contribution is 0.253. The van der Waals surface area contributed by atoms with Crippen LogP contribution in [0.4, 0.5) is 0 Å². The molecular formula is C15H21Cl2N. The summed E-state index contributed by atoms with van der Waals surface area (Å²) in [7, 11) is 0. The molecule has 0 radical (unpaired) electrons. The van der Waals surface area contributed by atoms with Gasteiger partial charge in [-0.2, -0.15) is 0 Å². The van der Waals surface area contributed by atoms with Gasteiger partial charge in [0.05, 0.1) is 0 Å². The first-order chi connectivity index (χ1) is 8.56. The van der Waals surface area contributed by atoms with Crippen molar-refractivity contribution in [2.45, 2.75) is 45.1 Å². The number of rotatable bonds is 3. The predicted molar refractivity (Wildman–Crippen MR) is 79.3 cm³/mol. The Hall–Kier alpha value is -0.240. The van der Waals surface area contributed by atoms with Gasteiger partial charge >= 0.3 is 0 Å². The van der Waals surface area contributed by atoms with Crippen molar-refractivity contribution < 1.29 is 0 Å². The van der Waals surface area contributed by atoms with Gasteiger partial charge in [-0.1, -0.05) is 49.0 Å². The van der Waals surface area contributed by atoms with E-state index in [-0.39, 0.29) is 6.04 Å². The van der Waals surface area contributed by atoms with Crippen LogP contribution in [0.3, 0.4) is 0 Å². The highest BCUT2D eigenvalue weighted by Crippen LogP contribution is 2.31. The van der Waals surface area contributed by atoms with Gasteiger partial charge in [-0.05, 0) is 48.8 Å². The van der Waals surface area contributed by atoms with Crippen molar-refractivity contribution in [3.05, 3.63) is 33.8 Å². The summed E-state index contributed by atoms with van der Waals surface area (Å²) in [6.45, 7) is 2.33. The molecule has 1 fully saturated rings. The van der Waals surface area contributed by atoms with Crippen LogP contribution in [0.1, 0.15) is 38.2 Å². The molecule has 0 heterocycles. The summed E-state index contributed by atoms with van der Waals surface area (Å²) in [6.07, 6.45) is 6.00. The van der Waals surface area contributed by atoms with E-state index in [1.165, 1.54) is 25.7 Å². The molecule has 2 rings (SSSR count). The van der Waals surface area contributed by atoms with Crippen LogP contribution in [0.5, 0.6) is 0 Å². The lowest BCUT2D eigenvalue weighted by Crippen LogP contribution is -2.34. The van der Waals surface area contributed by atoms with Crippen LogP contribution in [-0.2, 0) is 6.42 Å². The van der Waals surface area contributed by atoms with Crippen molar-refractivity contribution in [1.29, 1.82) is 0 Å². The summed E-state index contributed by atoms with van der Waals surface area (Å²) >= 11 is 12.1. The highest BCUT2D eigenvalue weighted by Gasteiger charge is 2.24. The third-order valence-corrected chi connectivity index (χ3v) is 4.72. The van der Waals surface area contributed by atoms with E-state index in [0.29, 0.717) is 10.9 Å². The van der Waals surface area contributed by atoms with E-state index in [4.69, 9.17) is 28.9 Å². The largest absolute Gasteiger partial charge is 0.327 e. The number of benzene rings is 1. The Kier molecular flexibility index (Phi) is 4.94. The van der Waals surface area contributed by atoms with Gasteiger partial charge in [0.25, 0.3) is 0 Å². The maximum atomic E-state index is 6.34. The second-order valence-electron chi connectivity index (χ2n) is 5.62. The minimum Gasteiger partial charge on any atom is -0.327 e. The Bertz CT molecular complexity index is 397. The molecule has 100 valence electrons. The van der Waals surface area contributed by atoms with Crippen molar-refractivity contribution in [2.24, 2.45) is 17.6 Å². The molecule has 3 heteroatoms. The fourth-order valence-corrected chi connectivity index (χ4v) is 3.31. The fourth-order valence-electron chi connectivity index (χ4n) is 2.82. The van der Waals surface area contributed by atoms with Gasteiger partial charge in [-0.3, -0.25) is 0 Å². The van der Waals surface area contributed by atoms with E-state index in [0.717, 1.165) is 22.9 Å². The summed E-state index contributed by atoms with van der Waals surface area (Å²) in [5, 5.41) is 1.42. The molecular weight excluding hydrogens is 265 g/mol. The summed E-state index contributed by atoms with van der Waals surface area (Å²) in [6, 6.07) is 5.90. The third-order valence-electron chi connectivity index (χ3n) is 4.14. The average Bonchev–Trinajstić information content (AvgIpc) is 2.33. The fraction of sp³-hybridized carbons (Fsp3) is 0.600. The maximum absolute atomic E-state index is 6.34. The van der Waals surface area contributed by atoms with Gasteiger partial charge in [-0.25, -0.2) is 0 Å². The van der Waals surface area contributed by atoms with Gasteiger partial charge in [0, 0.05) is 16.1 Å². The zero-order chi connectivity index (χ0) is 13.1. The van der Waals surface area contributed by atoms with E-state index in [1.54, 1.807) is 6.07 Å². The lowest BCUT2D eigenvalue weighted by Gasteiger charge is -2.30. The number of nitrogens with two attached hydrogens (primary N) is 1. The second kappa shape index (κ2) is 6.27. The van der Waals surface area contributed by atoms with Crippen molar-refractivity contribution in [3.63, 3.8) is 0 Å². The standard InChI is InChI=1S/C15H21Cl2N/c1-10-2-4-11(5-3-10)15(18)8-12-6-7-13(16)9-14(12)17/h6-7,9-11,15H,2-5,8,18H2,1H3. The molecule has 2 N–H and O–H groups in total. The van der Waals surface area contributed by atoms with Gasteiger partial charge < -0.3 is 5.73 Å². The SMILES string of the molecule is CC1CCC(C(N)Cc2ccc(Cl)cc2Cl)CC1. The van der Waals surface area contributed by atoms with E-state index in [2.05, 4.69) is 6.92 Å². The Balaban J connectivity index is 1.96. The first kappa shape index (κ1) is 14.2. The smallest absolute Gasteiger partial charge is 0.0453 e. The summed E-state index contributed by atoms with van der Waals surface area (Å²) in [5.74, 6) is 1.51. The minimum absolute atomic E-state index is 0.219. The topological polar surface area (TPSA) is 26.0 Å². The molecule has 0 bridgehead atoms. The monoisotopic (exact) mass is 285 g/mol. The van der Waals surface area contributed by atoms with E-state index in [1.807, 2.05) is 12.1 Å². The first-order valence-corrected chi connectivity index (χ1v) is 7.51. The van der Waals surface area contributed by atoms with E-state index in [9.17, 15) is 0 Å². The molecule has 0 aromatic heterocycles. The van der Waals surface area contributed by atoms with Crippen molar-refractivity contribution in [2.75, 3.05) is 0 Å². The first-order valence-electron chi connectivity index (χ1n) is 6.75. The summed E-state index contributed by atoms with van der Waals surface area (Å²) in [4.78, 5) is 0. The van der Waals surface area contributed by atoms with Crippen LogP contribution in [0.25, 0.3) is 0 Å².